The number of carbonyl (C=O) groups is 1. The van der Waals surface area contributed by atoms with Crippen LogP contribution >= 0.6 is 0 Å². The molecule has 0 spiro atoms. The van der Waals surface area contributed by atoms with Gasteiger partial charge in [0.25, 0.3) is 5.91 Å². The fourth-order valence-electron chi connectivity index (χ4n) is 2.01. The minimum atomic E-state index is -0.340. The molecule has 0 aliphatic rings. The number of hydrazone groups is 1. The lowest BCUT2D eigenvalue weighted by molar-refractivity contribution is -0.123. The molecule has 1 N–H and O–H groups in total. The third-order valence-corrected chi connectivity index (χ3v) is 3.25. The Kier molecular flexibility index (Phi) is 6.19. The molecule has 0 fully saturated rings. The Labute approximate surface area is 141 Å². The Morgan fingerprint density at radius 1 is 1.08 bits per heavy atom. The van der Waals surface area contributed by atoms with Gasteiger partial charge >= 0.3 is 0 Å². The minimum absolute atomic E-state index is 0.120. The van der Waals surface area contributed by atoms with E-state index in [-0.39, 0.29) is 12.5 Å². The highest BCUT2D eigenvalue weighted by Crippen LogP contribution is 2.18. The molecule has 0 radical (unpaired) electrons. The van der Waals surface area contributed by atoms with Crippen molar-refractivity contribution in [2.75, 3.05) is 20.8 Å². The third kappa shape index (κ3) is 5.01. The maximum absolute atomic E-state index is 11.7. The quantitative estimate of drug-likeness (QED) is 0.626. The first-order valence-corrected chi connectivity index (χ1v) is 7.36. The van der Waals surface area contributed by atoms with Crippen molar-refractivity contribution in [3.8, 4) is 17.2 Å². The van der Waals surface area contributed by atoms with Gasteiger partial charge in [-0.15, -0.1) is 0 Å². The van der Waals surface area contributed by atoms with Crippen LogP contribution in [0, 0.1) is 6.92 Å². The number of hydrogen-bond donors (Lipinski definition) is 1. The molecule has 0 atom stereocenters. The summed E-state index contributed by atoms with van der Waals surface area (Å²) in [6.07, 6.45) is 1.57. The second-order valence-electron chi connectivity index (χ2n) is 4.99. The summed E-state index contributed by atoms with van der Waals surface area (Å²) in [5, 5.41) is 3.91. The monoisotopic (exact) mass is 328 g/mol. The molecule has 2 rings (SSSR count). The first kappa shape index (κ1) is 17.3. The summed E-state index contributed by atoms with van der Waals surface area (Å²) in [6, 6.07) is 12.6. The van der Waals surface area contributed by atoms with Crippen molar-refractivity contribution in [2.24, 2.45) is 5.10 Å². The van der Waals surface area contributed by atoms with E-state index in [0.29, 0.717) is 5.75 Å². The Morgan fingerprint density at radius 2 is 1.79 bits per heavy atom. The van der Waals surface area contributed by atoms with Crippen LogP contribution in [0.4, 0.5) is 0 Å². The Bertz CT molecular complexity index is 711. The van der Waals surface area contributed by atoms with Crippen LogP contribution in [0.2, 0.25) is 0 Å². The molecule has 2 aromatic rings. The predicted molar refractivity (Wildman–Crippen MR) is 92.0 cm³/mol. The summed E-state index contributed by atoms with van der Waals surface area (Å²) in [6.45, 7) is 1.82. The predicted octanol–water partition coefficient (Wildman–Crippen LogP) is 2.54. The fourth-order valence-corrected chi connectivity index (χ4v) is 2.01. The molecule has 0 aromatic heterocycles. The van der Waals surface area contributed by atoms with Crippen molar-refractivity contribution in [3.05, 3.63) is 53.6 Å². The second-order valence-corrected chi connectivity index (χ2v) is 4.99. The van der Waals surface area contributed by atoms with Gasteiger partial charge in [0.1, 0.15) is 17.2 Å². The summed E-state index contributed by atoms with van der Waals surface area (Å²) in [7, 11) is 3.21. The van der Waals surface area contributed by atoms with E-state index in [2.05, 4.69) is 10.5 Å². The number of rotatable bonds is 7. The van der Waals surface area contributed by atoms with Crippen LogP contribution in [0.3, 0.4) is 0 Å². The van der Waals surface area contributed by atoms with Crippen LogP contribution in [-0.4, -0.2) is 32.9 Å². The Hall–Kier alpha value is -3.02. The van der Waals surface area contributed by atoms with Crippen LogP contribution in [0.1, 0.15) is 11.1 Å². The summed E-state index contributed by atoms with van der Waals surface area (Å²) in [5.41, 5.74) is 4.28. The largest absolute Gasteiger partial charge is 0.497 e. The fraction of sp³-hybridized carbons (Fsp3) is 0.222. The van der Waals surface area contributed by atoms with Gasteiger partial charge in [0.15, 0.2) is 6.61 Å². The summed E-state index contributed by atoms with van der Waals surface area (Å²) >= 11 is 0. The SMILES string of the molecule is COc1ccc(OCC(=O)N/N=C/c2ccc(OC)c(C)c2)cc1. The lowest BCUT2D eigenvalue weighted by Crippen LogP contribution is -2.24. The van der Waals surface area contributed by atoms with Crippen LogP contribution in [0.5, 0.6) is 17.2 Å². The zero-order valence-corrected chi connectivity index (χ0v) is 13.9. The smallest absolute Gasteiger partial charge is 0.277 e. The molecule has 0 aliphatic carbocycles. The van der Waals surface area contributed by atoms with E-state index >= 15 is 0 Å². The number of ether oxygens (including phenoxy) is 3. The van der Waals surface area contributed by atoms with E-state index < -0.39 is 0 Å². The van der Waals surface area contributed by atoms with Crippen molar-refractivity contribution in [1.82, 2.24) is 5.43 Å². The van der Waals surface area contributed by atoms with Gasteiger partial charge in [-0.1, -0.05) is 0 Å². The van der Waals surface area contributed by atoms with Crippen LogP contribution in [0.25, 0.3) is 0 Å². The van der Waals surface area contributed by atoms with Crippen molar-refractivity contribution in [1.29, 1.82) is 0 Å². The maximum atomic E-state index is 11.7. The number of nitrogens with one attached hydrogen (secondary N) is 1. The van der Waals surface area contributed by atoms with Gasteiger partial charge in [0.2, 0.25) is 0 Å². The standard InChI is InChI=1S/C18H20N2O4/c1-13-10-14(4-9-17(13)23-3)11-19-20-18(21)12-24-16-7-5-15(22-2)6-8-16/h4-11H,12H2,1-3H3,(H,20,21)/b19-11+. The van der Waals surface area contributed by atoms with E-state index in [1.54, 1.807) is 44.7 Å². The molecule has 0 saturated heterocycles. The van der Waals surface area contributed by atoms with E-state index in [9.17, 15) is 4.79 Å². The van der Waals surface area contributed by atoms with Gasteiger partial charge in [-0.05, 0) is 60.5 Å². The molecule has 0 bridgehead atoms. The number of aryl methyl sites for hydroxylation is 1. The number of carbonyl (C=O) groups excluding carboxylic acids is 1. The summed E-state index contributed by atoms with van der Waals surface area (Å²) < 4.78 is 15.6. The minimum Gasteiger partial charge on any atom is -0.497 e. The number of methoxy groups -OCH3 is 2. The Morgan fingerprint density at radius 3 is 2.42 bits per heavy atom. The number of nitrogens with zero attached hydrogens (tertiary/aromatic N) is 1. The molecule has 6 heteroatoms. The molecule has 24 heavy (non-hydrogen) atoms. The third-order valence-electron chi connectivity index (χ3n) is 3.25. The highest BCUT2D eigenvalue weighted by Gasteiger charge is 2.02. The molecular weight excluding hydrogens is 308 g/mol. The summed E-state index contributed by atoms with van der Waals surface area (Å²) in [5.74, 6) is 1.78. The van der Waals surface area contributed by atoms with Gasteiger partial charge in [-0.3, -0.25) is 4.79 Å². The zero-order chi connectivity index (χ0) is 17.4. The van der Waals surface area contributed by atoms with Crippen LogP contribution < -0.4 is 19.6 Å². The molecule has 0 unspecified atom stereocenters. The van der Waals surface area contributed by atoms with E-state index in [1.807, 2.05) is 25.1 Å². The average Bonchev–Trinajstić information content (AvgIpc) is 2.60. The van der Waals surface area contributed by atoms with Crippen molar-refractivity contribution < 1.29 is 19.0 Å². The van der Waals surface area contributed by atoms with Gasteiger partial charge in [-0.25, -0.2) is 5.43 Å². The van der Waals surface area contributed by atoms with E-state index in [4.69, 9.17) is 14.2 Å². The van der Waals surface area contributed by atoms with E-state index in [0.717, 1.165) is 22.6 Å². The van der Waals surface area contributed by atoms with Crippen LogP contribution in [-0.2, 0) is 4.79 Å². The van der Waals surface area contributed by atoms with E-state index in [1.165, 1.54) is 0 Å². The molecular formula is C18H20N2O4. The highest BCUT2D eigenvalue weighted by atomic mass is 16.5. The van der Waals surface area contributed by atoms with Gasteiger partial charge in [0.05, 0.1) is 20.4 Å². The highest BCUT2D eigenvalue weighted by molar-refractivity contribution is 5.83. The number of amides is 1. The maximum Gasteiger partial charge on any atom is 0.277 e. The molecule has 0 heterocycles. The first-order chi connectivity index (χ1) is 11.6. The normalized spacial score (nSPS) is 10.5. The van der Waals surface area contributed by atoms with Gasteiger partial charge < -0.3 is 14.2 Å². The van der Waals surface area contributed by atoms with Crippen molar-refractivity contribution in [3.63, 3.8) is 0 Å². The molecule has 1 amide bonds. The molecule has 126 valence electrons. The van der Waals surface area contributed by atoms with Crippen molar-refractivity contribution in [2.45, 2.75) is 6.92 Å². The number of benzene rings is 2. The summed E-state index contributed by atoms with van der Waals surface area (Å²) in [4.78, 5) is 11.7. The Balaban J connectivity index is 1.80. The van der Waals surface area contributed by atoms with Crippen LogP contribution in [0.15, 0.2) is 47.6 Å². The molecule has 6 nitrogen and oxygen atoms in total. The lowest BCUT2D eigenvalue weighted by atomic mass is 10.1. The topological polar surface area (TPSA) is 69.2 Å². The van der Waals surface area contributed by atoms with Gasteiger partial charge in [-0.2, -0.15) is 5.10 Å². The molecule has 0 aliphatic heterocycles. The van der Waals surface area contributed by atoms with Crippen molar-refractivity contribution >= 4 is 12.1 Å². The average molecular weight is 328 g/mol. The first-order valence-electron chi connectivity index (χ1n) is 7.36. The molecule has 2 aromatic carbocycles. The second kappa shape index (κ2) is 8.57. The molecule has 0 saturated carbocycles. The lowest BCUT2D eigenvalue weighted by Gasteiger charge is -2.06. The number of hydrogen-bond acceptors (Lipinski definition) is 5. The zero-order valence-electron chi connectivity index (χ0n) is 13.9. The van der Waals surface area contributed by atoms with Gasteiger partial charge in [0, 0.05) is 0 Å².